The van der Waals surface area contributed by atoms with Gasteiger partial charge in [-0.3, -0.25) is 13.9 Å². The summed E-state index contributed by atoms with van der Waals surface area (Å²) in [4.78, 5) is 29.5. The summed E-state index contributed by atoms with van der Waals surface area (Å²) in [7, 11) is -3.61. The third-order valence-electron chi connectivity index (χ3n) is 7.83. The summed E-state index contributed by atoms with van der Waals surface area (Å²) < 4.78 is 32.2. The maximum Gasteiger partial charge on any atom is 0.243 e. The second-order valence-corrected chi connectivity index (χ2v) is 13.6. The molecule has 44 heavy (non-hydrogen) atoms. The number of anilines is 1. The summed E-state index contributed by atoms with van der Waals surface area (Å²) in [5.41, 5.74) is 2.30. The molecule has 0 aliphatic heterocycles. The highest BCUT2D eigenvalue weighted by molar-refractivity contribution is 7.92. The smallest absolute Gasteiger partial charge is 0.243 e. The van der Waals surface area contributed by atoms with E-state index >= 15 is 0 Å². The number of rotatable bonds is 15. The van der Waals surface area contributed by atoms with E-state index in [-0.39, 0.29) is 43.8 Å². The van der Waals surface area contributed by atoms with Gasteiger partial charge in [0.1, 0.15) is 11.8 Å². The molecular formula is C34H42ClN3O5S. The van der Waals surface area contributed by atoms with Gasteiger partial charge in [0.25, 0.3) is 0 Å². The molecule has 4 rings (SSSR count). The normalized spacial score (nSPS) is 14.2. The Morgan fingerprint density at radius 2 is 1.61 bits per heavy atom. The number of benzene rings is 3. The van der Waals surface area contributed by atoms with Gasteiger partial charge in [0, 0.05) is 37.0 Å². The van der Waals surface area contributed by atoms with E-state index in [1.807, 2.05) is 49.4 Å². The highest BCUT2D eigenvalue weighted by Gasteiger charge is 2.32. The van der Waals surface area contributed by atoms with Crippen LogP contribution in [0.4, 0.5) is 5.69 Å². The van der Waals surface area contributed by atoms with Gasteiger partial charge in [0.2, 0.25) is 21.8 Å². The average Bonchev–Trinajstić information content (AvgIpc) is 3.51. The number of nitrogens with one attached hydrogen (secondary N) is 1. The molecule has 0 saturated heterocycles. The highest BCUT2D eigenvalue weighted by atomic mass is 35.5. The van der Waals surface area contributed by atoms with Crippen LogP contribution in [0.1, 0.15) is 56.6 Å². The van der Waals surface area contributed by atoms with Gasteiger partial charge in [0.05, 0.1) is 18.6 Å². The summed E-state index contributed by atoms with van der Waals surface area (Å²) in [5.74, 6) is 0.260. The van der Waals surface area contributed by atoms with E-state index < -0.39 is 16.1 Å². The maximum absolute atomic E-state index is 14.0. The van der Waals surface area contributed by atoms with Crippen molar-refractivity contribution in [2.45, 2.75) is 70.5 Å². The summed E-state index contributed by atoms with van der Waals surface area (Å²) in [6.45, 7) is 2.73. The Kier molecular flexibility index (Phi) is 12.1. The Balaban J connectivity index is 1.56. The Labute approximate surface area is 266 Å². The molecule has 3 aromatic rings. The predicted octanol–water partition coefficient (Wildman–Crippen LogP) is 5.98. The van der Waals surface area contributed by atoms with Crippen molar-refractivity contribution in [3.8, 4) is 5.75 Å². The molecule has 2 amide bonds. The molecule has 1 fully saturated rings. The van der Waals surface area contributed by atoms with Gasteiger partial charge in [-0.05, 0) is 73.7 Å². The molecule has 0 bridgehead atoms. The molecule has 236 valence electrons. The number of hydrogen-bond acceptors (Lipinski definition) is 5. The molecule has 0 aromatic heterocycles. The van der Waals surface area contributed by atoms with Gasteiger partial charge in [-0.2, -0.15) is 0 Å². The van der Waals surface area contributed by atoms with E-state index in [9.17, 15) is 18.0 Å². The number of ether oxygens (including phenoxy) is 1. The molecule has 0 unspecified atom stereocenters. The minimum absolute atomic E-state index is 0.0681. The quantitative estimate of drug-likeness (QED) is 0.221. The Morgan fingerprint density at radius 3 is 2.23 bits per heavy atom. The largest absolute Gasteiger partial charge is 0.494 e. The molecule has 8 nitrogen and oxygen atoms in total. The zero-order chi connectivity index (χ0) is 31.5. The monoisotopic (exact) mass is 639 g/mol. The minimum Gasteiger partial charge on any atom is -0.494 e. The van der Waals surface area contributed by atoms with Crippen LogP contribution in [0.25, 0.3) is 0 Å². The molecule has 3 aromatic carbocycles. The van der Waals surface area contributed by atoms with Crippen molar-refractivity contribution in [3.63, 3.8) is 0 Å². The number of hydrogen-bond donors (Lipinski definition) is 1. The van der Waals surface area contributed by atoms with Crippen LogP contribution >= 0.6 is 11.6 Å². The Hall–Kier alpha value is -3.56. The zero-order valence-corrected chi connectivity index (χ0v) is 27.0. The molecule has 1 aliphatic carbocycles. The standard InChI is InChI=1S/C34H42ClN3O5S/c1-3-43-31-21-19-30(20-22-31)38(44(2,41)42)23-9-14-33(39)37(25-27-15-17-28(35)18-16-27)32(24-26-10-5-4-6-11-26)34(40)36-29-12-7-8-13-29/h4-6,10-11,15-22,29,32H,3,7-9,12-14,23-25H2,1-2H3,(H,36,40)/t32-/m1/s1. The fraction of sp³-hybridized carbons (Fsp3) is 0.412. The third-order valence-corrected chi connectivity index (χ3v) is 9.27. The fourth-order valence-corrected chi connectivity index (χ4v) is 6.68. The zero-order valence-electron chi connectivity index (χ0n) is 25.5. The van der Waals surface area contributed by atoms with E-state index in [0.717, 1.165) is 43.1 Å². The number of halogens is 1. The van der Waals surface area contributed by atoms with Gasteiger partial charge in [-0.15, -0.1) is 0 Å². The lowest BCUT2D eigenvalue weighted by atomic mass is 10.0. The van der Waals surface area contributed by atoms with Crippen molar-refractivity contribution in [2.75, 3.05) is 23.7 Å². The van der Waals surface area contributed by atoms with Gasteiger partial charge in [0.15, 0.2) is 0 Å². The number of carbonyl (C=O) groups is 2. The molecule has 0 heterocycles. The lowest BCUT2D eigenvalue weighted by Crippen LogP contribution is -2.52. The maximum atomic E-state index is 14.0. The first-order chi connectivity index (χ1) is 21.1. The number of nitrogens with zero attached hydrogens (tertiary/aromatic N) is 2. The van der Waals surface area contributed by atoms with Crippen molar-refractivity contribution in [2.24, 2.45) is 0 Å². The van der Waals surface area contributed by atoms with Gasteiger partial charge in [-0.25, -0.2) is 8.42 Å². The van der Waals surface area contributed by atoms with Crippen molar-refractivity contribution in [3.05, 3.63) is 95.0 Å². The van der Waals surface area contributed by atoms with Crippen molar-refractivity contribution in [1.82, 2.24) is 10.2 Å². The van der Waals surface area contributed by atoms with Crippen LogP contribution < -0.4 is 14.4 Å². The van der Waals surface area contributed by atoms with Crippen LogP contribution in [0.5, 0.6) is 5.75 Å². The van der Waals surface area contributed by atoms with Crippen LogP contribution in [-0.4, -0.2) is 56.6 Å². The first-order valence-electron chi connectivity index (χ1n) is 15.2. The van der Waals surface area contributed by atoms with Gasteiger partial charge >= 0.3 is 0 Å². The summed E-state index contributed by atoms with van der Waals surface area (Å²) >= 11 is 6.13. The topological polar surface area (TPSA) is 96.0 Å². The fourth-order valence-electron chi connectivity index (χ4n) is 5.59. The third kappa shape index (κ3) is 9.72. The first kappa shape index (κ1) is 33.3. The minimum atomic E-state index is -3.61. The van der Waals surface area contributed by atoms with Crippen LogP contribution in [0, 0.1) is 0 Å². The molecule has 1 atom stereocenters. The molecule has 0 radical (unpaired) electrons. The number of amides is 2. The Morgan fingerprint density at radius 1 is 0.955 bits per heavy atom. The molecule has 1 aliphatic rings. The van der Waals surface area contributed by atoms with Crippen molar-refractivity contribution >= 4 is 39.1 Å². The predicted molar refractivity (Wildman–Crippen MR) is 175 cm³/mol. The van der Waals surface area contributed by atoms with E-state index in [2.05, 4.69) is 5.32 Å². The number of sulfonamides is 1. The van der Waals surface area contributed by atoms with E-state index in [4.69, 9.17) is 16.3 Å². The Bertz CT molecular complexity index is 1460. The lowest BCUT2D eigenvalue weighted by molar-refractivity contribution is -0.141. The van der Waals surface area contributed by atoms with Crippen LogP contribution in [0.15, 0.2) is 78.9 Å². The molecular weight excluding hydrogens is 598 g/mol. The molecule has 0 spiro atoms. The van der Waals surface area contributed by atoms with E-state index in [1.54, 1.807) is 41.3 Å². The lowest BCUT2D eigenvalue weighted by Gasteiger charge is -2.33. The van der Waals surface area contributed by atoms with Crippen molar-refractivity contribution in [1.29, 1.82) is 0 Å². The van der Waals surface area contributed by atoms with Crippen LogP contribution in [0.2, 0.25) is 5.02 Å². The first-order valence-corrected chi connectivity index (χ1v) is 17.5. The SMILES string of the molecule is CCOc1ccc(N(CCCC(=O)N(Cc2ccc(Cl)cc2)[C@H](Cc2ccccc2)C(=O)NC2CCCC2)S(C)(=O)=O)cc1. The van der Waals surface area contributed by atoms with Crippen molar-refractivity contribution < 1.29 is 22.7 Å². The van der Waals surface area contributed by atoms with Gasteiger partial charge in [-0.1, -0.05) is 66.9 Å². The highest BCUT2D eigenvalue weighted by Crippen LogP contribution is 2.24. The average molecular weight is 640 g/mol. The summed E-state index contributed by atoms with van der Waals surface area (Å²) in [6.07, 6.45) is 5.88. The molecule has 10 heteroatoms. The summed E-state index contributed by atoms with van der Waals surface area (Å²) in [6, 6.07) is 23.2. The van der Waals surface area contributed by atoms with Crippen LogP contribution in [-0.2, 0) is 32.6 Å². The summed E-state index contributed by atoms with van der Waals surface area (Å²) in [5, 5.41) is 3.79. The second kappa shape index (κ2) is 16.0. The van der Waals surface area contributed by atoms with E-state index in [1.165, 1.54) is 4.31 Å². The molecule has 1 N–H and O–H groups in total. The van der Waals surface area contributed by atoms with Gasteiger partial charge < -0.3 is 15.0 Å². The second-order valence-electron chi connectivity index (χ2n) is 11.2. The van der Waals surface area contributed by atoms with Crippen LogP contribution in [0.3, 0.4) is 0 Å². The molecule has 1 saturated carbocycles. The van der Waals surface area contributed by atoms with E-state index in [0.29, 0.717) is 29.5 Å². The number of carbonyl (C=O) groups excluding carboxylic acids is 2.